The van der Waals surface area contributed by atoms with Gasteiger partial charge in [0.2, 0.25) is 5.91 Å². The molecule has 0 aliphatic rings. The topological polar surface area (TPSA) is 68.3 Å². The van der Waals surface area contributed by atoms with Crippen LogP contribution in [0.1, 0.15) is 63.2 Å². The van der Waals surface area contributed by atoms with Gasteiger partial charge in [0.05, 0.1) is 6.04 Å². The van der Waals surface area contributed by atoms with Gasteiger partial charge in [-0.05, 0) is 46.6 Å². The van der Waals surface area contributed by atoms with Crippen molar-refractivity contribution in [3.63, 3.8) is 0 Å². The number of nitrogens with two attached hydrogens (primary N) is 1. The average molecular weight is 280 g/mol. The zero-order valence-electron chi connectivity index (χ0n) is 13.3. The summed E-state index contributed by atoms with van der Waals surface area (Å²) in [7, 11) is 0. The first kappa shape index (κ1) is 16.8. The minimum atomic E-state index is -0.0177. The number of furan rings is 1. The van der Waals surface area contributed by atoms with E-state index in [0.717, 1.165) is 36.3 Å². The van der Waals surface area contributed by atoms with E-state index in [-0.39, 0.29) is 23.9 Å². The predicted octanol–water partition coefficient (Wildman–Crippen LogP) is 3.23. The highest BCUT2D eigenvalue weighted by molar-refractivity contribution is 5.78. The third-order valence-electron chi connectivity index (χ3n) is 3.65. The van der Waals surface area contributed by atoms with Crippen molar-refractivity contribution >= 4 is 5.91 Å². The molecule has 3 N–H and O–H groups in total. The summed E-state index contributed by atoms with van der Waals surface area (Å²) in [6.45, 7) is 9.80. The van der Waals surface area contributed by atoms with Gasteiger partial charge in [-0.1, -0.05) is 13.3 Å². The summed E-state index contributed by atoms with van der Waals surface area (Å²) in [4.78, 5) is 12.1. The van der Waals surface area contributed by atoms with Crippen LogP contribution < -0.4 is 11.1 Å². The Bertz CT molecular complexity index is 438. The highest BCUT2D eigenvalue weighted by atomic mass is 16.3. The van der Waals surface area contributed by atoms with Gasteiger partial charge >= 0.3 is 0 Å². The van der Waals surface area contributed by atoms with Crippen LogP contribution in [0.5, 0.6) is 0 Å². The largest absolute Gasteiger partial charge is 0.466 e. The Morgan fingerprint density at radius 2 is 1.95 bits per heavy atom. The Morgan fingerprint density at radius 3 is 2.45 bits per heavy atom. The fourth-order valence-electron chi connectivity index (χ4n) is 2.39. The van der Waals surface area contributed by atoms with Gasteiger partial charge in [0, 0.05) is 17.5 Å². The highest BCUT2D eigenvalue weighted by Crippen LogP contribution is 2.22. The molecule has 0 saturated heterocycles. The quantitative estimate of drug-likeness (QED) is 0.805. The second-order valence-corrected chi connectivity index (χ2v) is 5.91. The van der Waals surface area contributed by atoms with Crippen LogP contribution in [-0.2, 0) is 4.79 Å². The van der Waals surface area contributed by atoms with Crippen LogP contribution in [0.3, 0.4) is 0 Å². The van der Waals surface area contributed by atoms with Crippen molar-refractivity contribution in [2.75, 3.05) is 0 Å². The molecule has 20 heavy (non-hydrogen) atoms. The molecule has 114 valence electrons. The van der Waals surface area contributed by atoms with Gasteiger partial charge in [-0.25, -0.2) is 0 Å². The van der Waals surface area contributed by atoms with Crippen molar-refractivity contribution in [2.45, 2.75) is 66.0 Å². The summed E-state index contributed by atoms with van der Waals surface area (Å²) in [5.74, 6) is 1.87. The number of hydrogen-bond donors (Lipinski definition) is 2. The van der Waals surface area contributed by atoms with Gasteiger partial charge in [-0.15, -0.1) is 0 Å². The van der Waals surface area contributed by atoms with Crippen LogP contribution in [0.25, 0.3) is 0 Å². The molecule has 0 aliphatic carbocycles. The lowest BCUT2D eigenvalue weighted by Gasteiger charge is -2.17. The Hall–Kier alpha value is -1.29. The lowest BCUT2D eigenvalue weighted by atomic mass is 10.0. The Kier molecular flexibility index (Phi) is 6.27. The van der Waals surface area contributed by atoms with Crippen LogP contribution >= 0.6 is 0 Å². The third kappa shape index (κ3) is 5.00. The molecule has 4 heteroatoms. The minimum Gasteiger partial charge on any atom is -0.466 e. The molecule has 0 fully saturated rings. The van der Waals surface area contributed by atoms with E-state index < -0.39 is 0 Å². The van der Waals surface area contributed by atoms with Crippen LogP contribution in [0.4, 0.5) is 0 Å². The molecule has 1 amide bonds. The zero-order chi connectivity index (χ0) is 15.3. The maximum atomic E-state index is 12.1. The van der Waals surface area contributed by atoms with E-state index in [9.17, 15) is 4.79 Å². The summed E-state index contributed by atoms with van der Waals surface area (Å²) >= 11 is 0. The van der Waals surface area contributed by atoms with E-state index in [4.69, 9.17) is 10.2 Å². The lowest BCUT2D eigenvalue weighted by molar-refractivity contribution is -0.125. The molecule has 0 bridgehead atoms. The fourth-order valence-corrected chi connectivity index (χ4v) is 2.39. The van der Waals surface area contributed by atoms with E-state index >= 15 is 0 Å². The normalized spacial score (nSPS) is 15.7. The molecule has 1 heterocycles. The second-order valence-electron chi connectivity index (χ2n) is 5.91. The zero-order valence-corrected chi connectivity index (χ0v) is 13.3. The number of carbonyl (C=O) groups is 1. The first-order chi connectivity index (χ1) is 9.31. The van der Waals surface area contributed by atoms with Crippen molar-refractivity contribution in [1.82, 2.24) is 5.32 Å². The van der Waals surface area contributed by atoms with Gasteiger partial charge < -0.3 is 15.5 Å². The van der Waals surface area contributed by atoms with E-state index in [0.29, 0.717) is 0 Å². The first-order valence-electron chi connectivity index (χ1n) is 7.44. The van der Waals surface area contributed by atoms with Gasteiger partial charge in [-0.2, -0.15) is 0 Å². The molecular formula is C16H28N2O2. The molecule has 0 aliphatic heterocycles. The number of hydrogen-bond acceptors (Lipinski definition) is 3. The number of aryl methyl sites for hydroxylation is 2. The molecule has 3 unspecified atom stereocenters. The monoisotopic (exact) mass is 280 g/mol. The minimum absolute atomic E-state index is 0.0177. The summed E-state index contributed by atoms with van der Waals surface area (Å²) in [5, 5.41) is 3.06. The predicted molar refractivity (Wildman–Crippen MR) is 81.4 cm³/mol. The highest BCUT2D eigenvalue weighted by Gasteiger charge is 2.18. The van der Waals surface area contributed by atoms with Crippen LogP contribution in [-0.4, -0.2) is 11.9 Å². The second kappa shape index (κ2) is 7.48. The molecule has 4 nitrogen and oxygen atoms in total. The van der Waals surface area contributed by atoms with Crippen LogP contribution in [0, 0.1) is 19.8 Å². The van der Waals surface area contributed by atoms with Crippen LogP contribution in [0.2, 0.25) is 0 Å². The standard InChI is InChI=1S/C16H28N2O2/c1-10(7-6-8-11(2)17)16(19)18-13(4)15-9-12(3)20-14(15)5/h9-11,13H,6-8,17H2,1-5H3,(H,18,19). The molecule has 3 atom stereocenters. The summed E-state index contributed by atoms with van der Waals surface area (Å²) in [5.41, 5.74) is 6.77. The van der Waals surface area contributed by atoms with Gasteiger partial charge in [0.15, 0.2) is 0 Å². The molecule has 0 radical (unpaired) electrons. The van der Waals surface area contributed by atoms with Crippen molar-refractivity contribution < 1.29 is 9.21 Å². The van der Waals surface area contributed by atoms with E-state index in [1.165, 1.54) is 0 Å². The van der Waals surface area contributed by atoms with E-state index in [1.807, 2.05) is 40.7 Å². The van der Waals surface area contributed by atoms with Crippen molar-refractivity contribution in [3.05, 3.63) is 23.2 Å². The molecule has 1 aromatic rings. The molecule has 0 aromatic carbocycles. The first-order valence-corrected chi connectivity index (χ1v) is 7.44. The number of amides is 1. The van der Waals surface area contributed by atoms with Gasteiger partial charge in [0.25, 0.3) is 0 Å². The Balaban J connectivity index is 2.46. The number of rotatable bonds is 7. The summed E-state index contributed by atoms with van der Waals surface area (Å²) in [6.07, 6.45) is 2.83. The van der Waals surface area contributed by atoms with Crippen molar-refractivity contribution in [3.8, 4) is 0 Å². The smallest absolute Gasteiger partial charge is 0.223 e. The van der Waals surface area contributed by atoms with E-state index in [1.54, 1.807) is 0 Å². The number of nitrogens with one attached hydrogen (secondary N) is 1. The maximum Gasteiger partial charge on any atom is 0.223 e. The third-order valence-corrected chi connectivity index (χ3v) is 3.65. The number of carbonyl (C=O) groups excluding carboxylic acids is 1. The maximum absolute atomic E-state index is 12.1. The molecule has 1 rings (SSSR count). The van der Waals surface area contributed by atoms with Gasteiger partial charge in [0.1, 0.15) is 11.5 Å². The van der Waals surface area contributed by atoms with Crippen molar-refractivity contribution in [2.24, 2.45) is 11.7 Å². The summed E-state index contributed by atoms with van der Waals surface area (Å²) < 4.78 is 5.50. The Labute approximate surface area is 122 Å². The average Bonchev–Trinajstić information content (AvgIpc) is 2.67. The molecule has 1 aromatic heterocycles. The molecule has 0 spiro atoms. The van der Waals surface area contributed by atoms with Gasteiger partial charge in [-0.3, -0.25) is 4.79 Å². The Morgan fingerprint density at radius 1 is 1.30 bits per heavy atom. The van der Waals surface area contributed by atoms with Crippen LogP contribution in [0.15, 0.2) is 10.5 Å². The van der Waals surface area contributed by atoms with E-state index in [2.05, 4.69) is 5.32 Å². The SMILES string of the molecule is Cc1cc(C(C)NC(=O)C(C)CCCC(C)N)c(C)o1. The fraction of sp³-hybridized carbons (Fsp3) is 0.688. The molecule has 0 saturated carbocycles. The summed E-state index contributed by atoms with van der Waals surface area (Å²) in [6, 6.07) is 2.18. The van der Waals surface area contributed by atoms with Crippen molar-refractivity contribution in [1.29, 1.82) is 0 Å². The molecular weight excluding hydrogens is 252 g/mol. The lowest BCUT2D eigenvalue weighted by Crippen LogP contribution is -2.31.